The first-order chi connectivity index (χ1) is 15.0. The zero-order valence-corrected chi connectivity index (χ0v) is 19.3. The Labute approximate surface area is 188 Å². The highest BCUT2D eigenvalue weighted by Gasteiger charge is 2.85. The van der Waals surface area contributed by atoms with E-state index in [4.69, 9.17) is 18.6 Å². The van der Waals surface area contributed by atoms with Gasteiger partial charge in [0, 0.05) is 17.6 Å². The largest absolute Gasteiger partial charge is 0.472 e. The molecule has 2 aliphatic carbocycles. The number of furan rings is 1. The molecule has 32 heavy (non-hydrogen) atoms. The van der Waals surface area contributed by atoms with Gasteiger partial charge >= 0.3 is 11.9 Å². The van der Waals surface area contributed by atoms with Crippen LogP contribution in [-0.4, -0.2) is 40.5 Å². The number of ether oxygens (including phenoxy) is 3. The highest BCUT2D eigenvalue weighted by atomic mass is 16.6. The predicted octanol–water partition coefficient (Wildman–Crippen LogP) is 3.86. The van der Waals surface area contributed by atoms with Gasteiger partial charge in [0.05, 0.1) is 29.6 Å². The highest BCUT2D eigenvalue weighted by Crippen LogP contribution is 2.74. The fourth-order valence-electron chi connectivity index (χ4n) is 7.04. The molecule has 0 amide bonds. The quantitative estimate of drug-likeness (QED) is 0.429. The summed E-state index contributed by atoms with van der Waals surface area (Å²) in [4.78, 5) is 26.4. The van der Waals surface area contributed by atoms with Crippen LogP contribution in [0.25, 0.3) is 0 Å². The van der Waals surface area contributed by atoms with Crippen LogP contribution in [0.2, 0.25) is 0 Å². The summed E-state index contributed by atoms with van der Waals surface area (Å²) in [6, 6.07) is 1.79. The fourth-order valence-corrected chi connectivity index (χ4v) is 7.04. The Hall–Kier alpha value is -2.12. The minimum absolute atomic E-state index is 0.0238. The van der Waals surface area contributed by atoms with E-state index >= 15 is 0 Å². The number of fused-ring (bicyclic) bond motifs is 4. The van der Waals surface area contributed by atoms with Gasteiger partial charge in [0.1, 0.15) is 23.2 Å². The van der Waals surface area contributed by atoms with E-state index in [-0.39, 0.29) is 18.0 Å². The van der Waals surface area contributed by atoms with Crippen molar-refractivity contribution in [2.45, 2.75) is 89.8 Å². The van der Waals surface area contributed by atoms with Gasteiger partial charge in [-0.2, -0.15) is 0 Å². The summed E-state index contributed by atoms with van der Waals surface area (Å²) in [7, 11) is 0. The number of hydrogen-bond donors (Lipinski definition) is 1. The summed E-state index contributed by atoms with van der Waals surface area (Å²) < 4.78 is 23.3. The van der Waals surface area contributed by atoms with Gasteiger partial charge in [-0.25, -0.2) is 4.79 Å². The van der Waals surface area contributed by atoms with E-state index in [0.29, 0.717) is 31.3 Å². The van der Waals surface area contributed by atoms with Crippen LogP contribution in [0.15, 0.2) is 34.7 Å². The average Bonchev–Trinajstić information content (AvgIpc) is 3.11. The second kappa shape index (κ2) is 6.70. The smallest absolute Gasteiger partial charge is 0.333 e. The molecule has 4 aliphatic rings. The van der Waals surface area contributed by atoms with Crippen LogP contribution in [0.1, 0.15) is 72.0 Å². The molecular weight excluding hydrogens is 412 g/mol. The third-order valence-corrected chi connectivity index (χ3v) is 9.43. The molecule has 2 aliphatic heterocycles. The number of carbonyl (C=O) groups excluding carboxylic acids is 2. The number of hydrogen-bond acceptors (Lipinski definition) is 7. The Morgan fingerprint density at radius 2 is 2.09 bits per heavy atom. The second-order valence-corrected chi connectivity index (χ2v) is 10.4. The lowest BCUT2D eigenvalue weighted by Crippen LogP contribution is -2.76. The van der Waals surface area contributed by atoms with Crippen molar-refractivity contribution in [3.8, 4) is 0 Å². The van der Waals surface area contributed by atoms with Gasteiger partial charge in [-0.05, 0) is 52.0 Å². The zero-order chi connectivity index (χ0) is 23.1. The molecule has 174 valence electrons. The van der Waals surface area contributed by atoms with E-state index in [2.05, 4.69) is 0 Å². The van der Waals surface area contributed by atoms with E-state index in [1.165, 1.54) is 0 Å². The van der Waals surface area contributed by atoms with Crippen molar-refractivity contribution < 1.29 is 33.3 Å². The molecule has 1 spiro atoms. The summed E-state index contributed by atoms with van der Waals surface area (Å²) in [6.07, 6.45) is 5.60. The number of epoxide rings is 1. The molecule has 3 heterocycles. The lowest BCUT2D eigenvalue weighted by Gasteiger charge is -2.64. The van der Waals surface area contributed by atoms with Gasteiger partial charge in [0.25, 0.3) is 0 Å². The Morgan fingerprint density at radius 1 is 1.34 bits per heavy atom. The van der Waals surface area contributed by atoms with E-state index in [1.54, 1.807) is 38.5 Å². The Kier molecular flexibility index (Phi) is 4.55. The van der Waals surface area contributed by atoms with E-state index in [1.807, 2.05) is 20.8 Å². The maximum absolute atomic E-state index is 13.6. The molecular formula is C25H32O7. The minimum Gasteiger partial charge on any atom is -0.472 e. The van der Waals surface area contributed by atoms with Gasteiger partial charge in [-0.3, -0.25) is 4.79 Å². The SMILES string of the molecule is C/C=C(/C)C(=O)O[C@@H]1C[C@@H](C)[C@]2(C[C@H](c3ccoc3)OC2=O)[C@@]2(O)CC[C@H]3O[C@@]3(C)[C@@]12C. The van der Waals surface area contributed by atoms with Crippen molar-refractivity contribution >= 4 is 11.9 Å². The van der Waals surface area contributed by atoms with Gasteiger partial charge in [0.15, 0.2) is 0 Å². The first-order valence-electron chi connectivity index (χ1n) is 11.5. The maximum Gasteiger partial charge on any atom is 0.333 e. The summed E-state index contributed by atoms with van der Waals surface area (Å²) >= 11 is 0. The van der Waals surface area contributed by atoms with Crippen molar-refractivity contribution in [2.24, 2.45) is 16.7 Å². The van der Waals surface area contributed by atoms with E-state index < -0.39 is 40.2 Å². The normalized spacial score (nSPS) is 47.6. The Bertz CT molecular complexity index is 982. The van der Waals surface area contributed by atoms with Crippen molar-refractivity contribution in [3.63, 3.8) is 0 Å². The number of esters is 2. The lowest BCUT2D eigenvalue weighted by atomic mass is 9.40. The molecule has 0 unspecified atom stereocenters. The lowest BCUT2D eigenvalue weighted by molar-refractivity contribution is -0.275. The van der Waals surface area contributed by atoms with Crippen molar-refractivity contribution in [2.75, 3.05) is 0 Å². The third kappa shape index (κ3) is 2.39. The molecule has 2 saturated carbocycles. The zero-order valence-electron chi connectivity index (χ0n) is 19.3. The van der Waals surface area contributed by atoms with Crippen LogP contribution in [0, 0.1) is 16.7 Å². The molecule has 5 rings (SSSR count). The van der Waals surface area contributed by atoms with Crippen molar-refractivity contribution in [1.29, 1.82) is 0 Å². The molecule has 8 atom stereocenters. The summed E-state index contributed by atoms with van der Waals surface area (Å²) in [5.74, 6) is -1.05. The first kappa shape index (κ1) is 21.7. The number of aliphatic hydroxyl groups is 1. The van der Waals surface area contributed by atoms with Crippen LogP contribution in [0.3, 0.4) is 0 Å². The van der Waals surface area contributed by atoms with Crippen LogP contribution < -0.4 is 0 Å². The van der Waals surface area contributed by atoms with E-state index in [0.717, 1.165) is 5.56 Å². The standard InChI is InChI=1S/C25H32O7/c1-6-14(2)20(26)31-19-11-15(3)24(12-17(30-21(24)27)16-8-10-29-13-16)25(28)9-7-18-23(5,32-18)22(19,25)4/h6,8,10,13,15,17-19,28H,7,9,11-12H2,1-5H3/b14-6-/t15-,17-,18-,19-,22-,23-,24+,25-/m1/s1. The second-order valence-electron chi connectivity index (χ2n) is 10.4. The molecule has 7 nitrogen and oxygen atoms in total. The Morgan fingerprint density at radius 3 is 2.75 bits per heavy atom. The van der Waals surface area contributed by atoms with E-state index in [9.17, 15) is 14.7 Å². The predicted molar refractivity (Wildman–Crippen MR) is 113 cm³/mol. The molecule has 2 saturated heterocycles. The van der Waals surface area contributed by atoms with Crippen molar-refractivity contribution in [3.05, 3.63) is 35.8 Å². The maximum atomic E-state index is 13.6. The first-order valence-corrected chi connectivity index (χ1v) is 11.5. The molecule has 1 aromatic rings. The van der Waals surface area contributed by atoms with Crippen LogP contribution in [-0.2, 0) is 23.8 Å². The van der Waals surface area contributed by atoms with Crippen LogP contribution >= 0.6 is 0 Å². The summed E-state index contributed by atoms with van der Waals surface area (Å²) in [6.45, 7) is 9.37. The van der Waals surface area contributed by atoms with Gasteiger partial charge in [-0.15, -0.1) is 0 Å². The Balaban J connectivity index is 1.61. The molecule has 7 heteroatoms. The molecule has 0 bridgehead atoms. The van der Waals surface area contributed by atoms with Gasteiger partial charge in [-0.1, -0.05) is 19.9 Å². The molecule has 1 aromatic heterocycles. The molecule has 1 N–H and O–H groups in total. The average molecular weight is 445 g/mol. The fraction of sp³-hybridized carbons (Fsp3) is 0.680. The van der Waals surface area contributed by atoms with Gasteiger partial charge in [0.2, 0.25) is 0 Å². The summed E-state index contributed by atoms with van der Waals surface area (Å²) in [5, 5.41) is 12.6. The molecule has 0 radical (unpaired) electrons. The van der Waals surface area contributed by atoms with Crippen LogP contribution in [0.5, 0.6) is 0 Å². The number of carbonyl (C=O) groups is 2. The topological polar surface area (TPSA) is 98.5 Å². The van der Waals surface area contributed by atoms with Gasteiger partial charge < -0.3 is 23.7 Å². The van der Waals surface area contributed by atoms with Crippen molar-refractivity contribution in [1.82, 2.24) is 0 Å². The minimum atomic E-state index is -1.45. The summed E-state index contributed by atoms with van der Waals surface area (Å²) in [5.41, 5.74) is -2.93. The van der Waals surface area contributed by atoms with Crippen LogP contribution in [0.4, 0.5) is 0 Å². The molecule has 4 fully saturated rings. The highest BCUT2D eigenvalue weighted by molar-refractivity contribution is 5.88. The monoisotopic (exact) mass is 444 g/mol. The third-order valence-electron chi connectivity index (χ3n) is 9.43. The number of rotatable bonds is 3. The number of allylic oxidation sites excluding steroid dienone is 1. The number of cyclic esters (lactones) is 1. The molecule has 0 aromatic carbocycles.